The number of hydrogen-bond acceptors (Lipinski definition) is 9. The van der Waals surface area contributed by atoms with Crippen molar-refractivity contribution in [3.05, 3.63) is 0 Å². The molecule has 0 radical (unpaired) electrons. The van der Waals surface area contributed by atoms with Gasteiger partial charge in [-0.2, -0.15) is 0 Å². The molecule has 13 heteroatoms. The van der Waals surface area contributed by atoms with Crippen LogP contribution in [0.3, 0.4) is 0 Å². The number of ketones is 1. The molecule has 0 spiro atoms. The number of aliphatic imine (C=N–C) groups is 1. The molecule has 174 valence electrons. The number of carboxylic acids is 1. The number of amides is 2. The van der Waals surface area contributed by atoms with E-state index in [1.54, 1.807) is 18.9 Å². The Morgan fingerprint density at radius 3 is 2.26 bits per heavy atom. The van der Waals surface area contributed by atoms with Crippen molar-refractivity contribution in [1.29, 1.82) is 5.41 Å². The van der Waals surface area contributed by atoms with Gasteiger partial charge in [0, 0.05) is 0 Å². The fourth-order valence-corrected chi connectivity index (χ4v) is 2.18. The number of amidine groups is 1. The van der Waals surface area contributed by atoms with Gasteiger partial charge < -0.3 is 32.1 Å². The maximum Gasteiger partial charge on any atom is 0.305 e. The van der Waals surface area contributed by atoms with Crippen molar-refractivity contribution in [2.45, 2.75) is 45.7 Å². The van der Waals surface area contributed by atoms with Crippen molar-refractivity contribution in [1.82, 2.24) is 15.5 Å². The highest BCUT2D eigenvalue weighted by atomic mass is 16.4. The van der Waals surface area contributed by atoms with Crippen molar-refractivity contribution >= 4 is 40.8 Å². The molecule has 0 aromatic rings. The third-order valence-corrected chi connectivity index (χ3v) is 4.31. The van der Waals surface area contributed by atoms with Crippen LogP contribution in [-0.4, -0.2) is 94.8 Å². The molecule has 2 atom stereocenters. The van der Waals surface area contributed by atoms with E-state index in [0.717, 1.165) is 0 Å². The number of aliphatic carboxylic acids is 1. The van der Waals surface area contributed by atoms with Crippen LogP contribution in [-0.2, 0) is 19.2 Å². The molecule has 0 aliphatic heterocycles. The van der Waals surface area contributed by atoms with Gasteiger partial charge in [-0.15, -0.1) is 0 Å². The molecular weight excluding hydrogens is 410 g/mol. The lowest BCUT2D eigenvalue weighted by Crippen LogP contribution is -2.54. The fourth-order valence-electron chi connectivity index (χ4n) is 2.18. The lowest BCUT2D eigenvalue weighted by atomic mass is 10.1. The normalized spacial score (nSPS) is 14.0. The zero-order valence-electron chi connectivity index (χ0n) is 18.1. The Morgan fingerprint density at radius 2 is 1.77 bits per heavy atom. The monoisotopic (exact) mass is 441 g/mol. The molecule has 2 unspecified atom stereocenters. The number of nitrogens with zero attached hydrogens (tertiary/aromatic N) is 3. The SMILES string of the molecule is CCC(NC(=O)C(N)=NCC(=N)/C(C)=N\O)C(=O)NC(CC(=O)O)C(=O)CN(C)CC. The summed E-state index contributed by atoms with van der Waals surface area (Å²) in [5, 5.41) is 32.8. The molecule has 0 aromatic heterocycles. The Labute approximate surface area is 180 Å². The summed E-state index contributed by atoms with van der Waals surface area (Å²) >= 11 is 0. The van der Waals surface area contributed by atoms with Crippen LogP contribution in [0.5, 0.6) is 0 Å². The lowest BCUT2D eigenvalue weighted by Gasteiger charge is -2.23. The van der Waals surface area contributed by atoms with E-state index in [-0.39, 0.29) is 30.9 Å². The first-order valence-electron chi connectivity index (χ1n) is 9.57. The largest absolute Gasteiger partial charge is 0.481 e. The summed E-state index contributed by atoms with van der Waals surface area (Å²) in [6.07, 6.45) is -0.455. The van der Waals surface area contributed by atoms with Crippen LogP contribution < -0.4 is 16.4 Å². The van der Waals surface area contributed by atoms with E-state index in [4.69, 9.17) is 21.5 Å². The average Bonchev–Trinajstić information content (AvgIpc) is 2.73. The van der Waals surface area contributed by atoms with Crippen molar-refractivity contribution in [2.75, 3.05) is 26.7 Å². The van der Waals surface area contributed by atoms with Crippen molar-refractivity contribution < 1.29 is 29.5 Å². The van der Waals surface area contributed by atoms with E-state index < -0.39 is 47.9 Å². The molecule has 0 heterocycles. The van der Waals surface area contributed by atoms with Crippen LogP contribution in [0.4, 0.5) is 0 Å². The van der Waals surface area contributed by atoms with Crippen molar-refractivity contribution in [3.8, 4) is 0 Å². The van der Waals surface area contributed by atoms with Gasteiger partial charge in [0.15, 0.2) is 11.6 Å². The molecule has 0 aromatic carbocycles. The topological polar surface area (TPSA) is 211 Å². The zero-order chi connectivity index (χ0) is 24.1. The summed E-state index contributed by atoms with van der Waals surface area (Å²) in [5.41, 5.74) is 5.41. The summed E-state index contributed by atoms with van der Waals surface area (Å²) in [6.45, 7) is 5.02. The van der Waals surface area contributed by atoms with Gasteiger partial charge in [-0.25, -0.2) is 0 Å². The molecule has 0 aliphatic carbocycles. The van der Waals surface area contributed by atoms with Gasteiger partial charge in [0.05, 0.1) is 37.0 Å². The minimum Gasteiger partial charge on any atom is -0.481 e. The maximum absolute atomic E-state index is 12.5. The number of likely N-dealkylation sites (N-methyl/N-ethyl adjacent to an activating group) is 1. The smallest absolute Gasteiger partial charge is 0.305 e. The van der Waals surface area contributed by atoms with Crippen molar-refractivity contribution in [3.63, 3.8) is 0 Å². The Hall–Kier alpha value is -3.35. The number of carbonyl (C=O) groups excluding carboxylic acids is 3. The second-order valence-corrected chi connectivity index (χ2v) is 6.76. The molecular formula is C18H31N7O6. The number of nitrogens with one attached hydrogen (secondary N) is 3. The lowest BCUT2D eigenvalue weighted by molar-refractivity contribution is -0.140. The molecule has 0 saturated carbocycles. The molecule has 2 amide bonds. The Bertz CT molecular complexity index is 750. The van der Waals surface area contributed by atoms with E-state index in [1.807, 2.05) is 6.92 Å². The molecule has 0 rings (SSSR count). The van der Waals surface area contributed by atoms with Crippen LogP contribution in [0.1, 0.15) is 33.6 Å². The van der Waals surface area contributed by atoms with Gasteiger partial charge in [0.1, 0.15) is 6.04 Å². The zero-order valence-corrected chi connectivity index (χ0v) is 18.1. The number of hydrogen-bond donors (Lipinski definition) is 6. The minimum atomic E-state index is -1.25. The van der Waals surface area contributed by atoms with E-state index in [0.29, 0.717) is 6.54 Å². The second-order valence-electron chi connectivity index (χ2n) is 6.76. The van der Waals surface area contributed by atoms with Crippen LogP contribution in [0.2, 0.25) is 0 Å². The number of oxime groups is 1. The summed E-state index contributed by atoms with van der Waals surface area (Å²) in [7, 11) is 1.68. The molecule has 7 N–H and O–H groups in total. The Morgan fingerprint density at radius 1 is 1.16 bits per heavy atom. The molecule has 31 heavy (non-hydrogen) atoms. The fraction of sp³-hybridized carbons (Fsp3) is 0.611. The summed E-state index contributed by atoms with van der Waals surface area (Å²) in [6, 6.07) is -2.34. The van der Waals surface area contributed by atoms with Gasteiger partial charge >= 0.3 is 5.97 Å². The van der Waals surface area contributed by atoms with E-state index >= 15 is 0 Å². The number of carbonyl (C=O) groups is 4. The first-order chi connectivity index (χ1) is 14.5. The number of nitrogens with two attached hydrogens (primary N) is 1. The van der Waals surface area contributed by atoms with Crippen LogP contribution in [0.15, 0.2) is 10.1 Å². The quantitative estimate of drug-likeness (QED) is 0.0862. The maximum atomic E-state index is 12.5. The van der Waals surface area contributed by atoms with Crippen LogP contribution >= 0.6 is 0 Å². The highest BCUT2D eigenvalue weighted by Gasteiger charge is 2.28. The number of rotatable bonds is 13. The first kappa shape index (κ1) is 27.6. The average molecular weight is 441 g/mol. The van der Waals surface area contributed by atoms with E-state index in [1.165, 1.54) is 6.92 Å². The summed E-state index contributed by atoms with van der Waals surface area (Å²) in [4.78, 5) is 53.5. The van der Waals surface area contributed by atoms with Crippen LogP contribution in [0, 0.1) is 5.41 Å². The predicted molar refractivity (Wildman–Crippen MR) is 114 cm³/mol. The second kappa shape index (κ2) is 13.8. The molecule has 0 saturated heterocycles. The Balaban J connectivity index is 5.16. The van der Waals surface area contributed by atoms with Gasteiger partial charge in [-0.05, 0) is 26.9 Å². The molecule has 0 aliphatic rings. The van der Waals surface area contributed by atoms with Gasteiger partial charge in [0.2, 0.25) is 5.91 Å². The molecule has 0 fully saturated rings. The summed E-state index contributed by atoms with van der Waals surface area (Å²) < 4.78 is 0. The van der Waals surface area contributed by atoms with E-state index in [9.17, 15) is 19.2 Å². The summed E-state index contributed by atoms with van der Waals surface area (Å²) in [5.74, 6) is -3.83. The van der Waals surface area contributed by atoms with Crippen LogP contribution in [0.25, 0.3) is 0 Å². The number of carboxylic acid groups (broad SMARTS) is 1. The molecule has 13 nitrogen and oxygen atoms in total. The third-order valence-electron chi connectivity index (χ3n) is 4.31. The van der Waals surface area contributed by atoms with Gasteiger partial charge in [0.25, 0.3) is 5.91 Å². The van der Waals surface area contributed by atoms with Crippen molar-refractivity contribution in [2.24, 2.45) is 15.9 Å². The molecule has 0 bridgehead atoms. The predicted octanol–water partition coefficient (Wildman–Crippen LogP) is -1.41. The standard InChI is InChI=1S/C18H31N7O6/c1-5-12(22-18(30)16(20)21-8-11(19)10(3)24-31)17(29)23-13(7-15(27)28)14(26)9-25(4)6-2/h12-13,19,31H,5-9H2,1-4H3,(H2,20,21)(H,22,30)(H,23,29)(H,27,28)/b19-11?,24-10-. The third kappa shape index (κ3) is 10.3. The highest BCUT2D eigenvalue weighted by Crippen LogP contribution is 2.00. The number of Topliss-reactive ketones (excluding diaryl/α,β-unsaturated/α-hetero) is 1. The van der Waals surface area contributed by atoms with E-state index in [2.05, 4.69) is 20.8 Å². The minimum absolute atomic E-state index is 0.00521. The van der Waals surface area contributed by atoms with Gasteiger partial charge in [-0.1, -0.05) is 19.0 Å². The Kier molecular flexibility index (Phi) is 12.3. The van der Waals surface area contributed by atoms with Gasteiger partial charge in [-0.3, -0.25) is 29.1 Å². The highest BCUT2D eigenvalue weighted by molar-refractivity contribution is 6.42. The first-order valence-corrected chi connectivity index (χ1v) is 9.57.